The van der Waals surface area contributed by atoms with Crippen LogP contribution in [0.3, 0.4) is 0 Å². The predicted molar refractivity (Wildman–Crippen MR) is 80.1 cm³/mol. The molecular weight excluding hydrogens is 296 g/mol. The molecule has 0 spiro atoms. The van der Waals surface area contributed by atoms with Gasteiger partial charge >= 0.3 is 0 Å². The Morgan fingerprint density at radius 2 is 2.29 bits per heavy atom. The van der Waals surface area contributed by atoms with Gasteiger partial charge < -0.3 is 10.6 Å². The lowest BCUT2D eigenvalue weighted by molar-refractivity contribution is 0.712. The van der Waals surface area contributed by atoms with Gasteiger partial charge in [-0.1, -0.05) is 6.92 Å². The van der Waals surface area contributed by atoms with E-state index in [0.29, 0.717) is 5.25 Å². The van der Waals surface area contributed by atoms with Crippen molar-refractivity contribution in [1.29, 1.82) is 0 Å². The lowest BCUT2D eigenvalue weighted by atomic mass is 10.2. The summed E-state index contributed by atoms with van der Waals surface area (Å²) in [6.45, 7) is 7.36. The van der Waals surface area contributed by atoms with Crippen LogP contribution in [-0.2, 0) is 0 Å². The van der Waals surface area contributed by atoms with Gasteiger partial charge in [0.2, 0.25) is 0 Å². The number of anilines is 1. The fourth-order valence-electron chi connectivity index (χ4n) is 2.24. The topological polar surface area (TPSA) is 29.3 Å². The molecular formula is C13H19BrN2S. The van der Waals surface area contributed by atoms with Crippen molar-refractivity contribution in [3.8, 4) is 0 Å². The van der Waals surface area contributed by atoms with E-state index in [9.17, 15) is 0 Å². The summed E-state index contributed by atoms with van der Waals surface area (Å²) in [5.74, 6) is 0. The lowest BCUT2D eigenvalue weighted by Gasteiger charge is -2.35. The van der Waals surface area contributed by atoms with Crippen molar-refractivity contribution in [2.75, 3.05) is 24.5 Å². The quantitative estimate of drug-likeness (QED) is 0.927. The molecule has 0 saturated heterocycles. The van der Waals surface area contributed by atoms with Crippen molar-refractivity contribution in [1.82, 2.24) is 0 Å². The Morgan fingerprint density at radius 1 is 1.53 bits per heavy atom. The monoisotopic (exact) mass is 314 g/mol. The van der Waals surface area contributed by atoms with Gasteiger partial charge in [-0.15, -0.1) is 11.8 Å². The molecule has 0 aliphatic carbocycles. The number of hydrogen-bond acceptors (Lipinski definition) is 3. The van der Waals surface area contributed by atoms with Crippen molar-refractivity contribution in [3.63, 3.8) is 0 Å². The van der Waals surface area contributed by atoms with Crippen molar-refractivity contribution >= 4 is 33.4 Å². The van der Waals surface area contributed by atoms with Gasteiger partial charge in [-0.3, -0.25) is 0 Å². The third kappa shape index (κ3) is 2.98. The molecule has 0 bridgehead atoms. The summed E-state index contributed by atoms with van der Waals surface area (Å²) in [6, 6.07) is 4.49. The lowest BCUT2D eigenvalue weighted by Crippen LogP contribution is -2.35. The van der Waals surface area contributed by atoms with Gasteiger partial charge in [-0.05, 0) is 53.5 Å². The Labute approximate surface area is 116 Å². The minimum atomic E-state index is 0.647. The Hall–Kier alpha value is -0.190. The van der Waals surface area contributed by atoms with E-state index in [1.807, 2.05) is 11.8 Å². The summed E-state index contributed by atoms with van der Waals surface area (Å²) in [5.41, 5.74) is 8.29. The van der Waals surface area contributed by atoms with Gasteiger partial charge in [0.15, 0.2) is 0 Å². The molecule has 1 unspecified atom stereocenters. The smallest absolute Gasteiger partial charge is 0.0649 e. The molecule has 0 saturated carbocycles. The fourth-order valence-corrected chi connectivity index (χ4v) is 4.49. The zero-order valence-corrected chi connectivity index (χ0v) is 12.8. The van der Waals surface area contributed by atoms with Gasteiger partial charge in [0.25, 0.3) is 0 Å². The molecule has 1 aliphatic heterocycles. The molecule has 94 valence electrons. The number of aryl methyl sites for hydroxylation is 1. The Morgan fingerprint density at radius 3 is 3.00 bits per heavy atom. The highest BCUT2D eigenvalue weighted by Crippen LogP contribution is 2.43. The SMILES string of the molecule is Cc1cc(Br)c2c(c1)SC(C)CN2CCCN. The molecule has 1 aromatic carbocycles. The van der Waals surface area contributed by atoms with Crippen LogP contribution in [-0.4, -0.2) is 24.9 Å². The Balaban J connectivity index is 2.34. The van der Waals surface area contributed by atoms with E-state index in [2.05, 4.69) is 46.8 Å². The van der Waals surface area contributed by atoms with E-state index < -0.39 is 0 Å². The Bertz CT molecular complexity index is 409. The molecule has 1 atom stereocenters. The fraction of sp³-hybridized carbons (Fsp3) is 0.538. The molecule has 1 heterocycles. The van der Waals surface area contributed by atoms with Crippen molar-refractivity contribution in [2.45, 2.75) is 30.4 Å². The summed E-state index contributed by atoms with van der Waals surface area (Å²) in [6.07, 6.45) is 1.05. The zero-order chi connectivity index (χ0) is 12.4. The average molecular weight is 315 g/mol. The van der Waals surface area contributed by atoms with Crippen molar-refractivity contribution in [3.05, 3.63) is 22.2 Å². The first-order valence-electron chi connectivity index (χ1n) is 6.03. The molecule has 2 nitrogen and oxygen atoms in total. The molecule has 0 aromatic heterocycles. The number of nitrogens with two attached hydrogens (primary N) is 1. The second kappa shape index (κ2) is 5.63. The van der Waals surface area contributed by atoms with Crippen LogP contribution >= 0.6 is 27.7 Å². The first kappa shape index (κ1) is 13.2. The molecule has 4 heteroatoms. The number of rotatable bonds is 3. The van der Waals surface area contributed by atoms with Crippen LogP contribution in [0, 0.1) is 6.92 Å². The van der Waals surface area contributed by atoms with Crippen molar-refractivity contribution < 1.29 is 0 Å². The molecule has 0 fully saturated rings. The van der Waals surface area contributed by atoms with Gasteiger partial charge in [-0.2, -0.15) is 0 Å². The highest BCUT2D eigenvalue weighted by Gasteiger charge is 2.24. The maximum atomic E-state index is 5.62. The average Bonchev–Trinajstić information content (AvgIpc) is 2.24. The maximum Gasteiger partial charge on any atom is 0.0649 e. The molecule has 0 radical (unpaired) electrons. The normalized spacial score (nSPS) is 19.3. The van der Waals surface area contributed by atoms with Crippen LogP contribution in [0.25, 0.3) is 0 Å². The van der Waals surface area contributed by atoms with E-state index in [-0.39, 0.29) is 0 Å². The molecule has 17 heavy (non-hydrogen) atoms. The van der Waals surface area contributed by atoms with Crippen LogP contribution in [0.4, 0.5) is 5.69 Å². The third-order valence-electron chi connectivity index (χ3n) is 2.93. The van der Waals surface area contributed by atoms with Crippen LogP contribution < -0.4 is 10.6 Å². The zero-order valence-electron chi connectivity index (χ0n) is 10.4. The van der Waals surface area contributed by atoms with Gasteiger partial charge in [0.1, 0.15) is 0 Å². The minimum Gasteiger partial charge on any atom is -0.369 e. The summed E-state index contributed by atoms with van der Waals surface area (Å²) in [5, 5.41) is 0.647. The highest BCUT2D eigenvalue weighted by atomic mass is 79.9. The largest absolute Gasteiger partial charge is 0.369 e. The van der Waals surface area contributed by atoms with Gasteiger partial charge in [0, 0.05) is 27.7 Å². The van der Waals surface area contributed by atoms with E-state index in [0.717, 1.165) is 26.1 Å². The molecule has 0 amide bonds. The molecule has 1 aromatic rings. The van der Waals surface area contributed by atoms with E-state index in [1.54, 1.807) is 0 Å². The first-order valence-corrected chi connectivity index (χ1v) is 7.71. The van der Waals surface area contributed by atoms with E-state index in [4.69, 9.17) is 5.73 Å². The summed E-state index contributed by atoms with van der Waals surface area (Å²) >= 11 is 5.67. The number of halogens is 1. The van der Waals surface area contributed by atoms with E-state index >= 15 is 0 Å². The van der Waals surface area contributed by atoms with Crippen LogP contribution in [0.2, 0.25) is 0 Å². The number of benzene rings is 1. The molecule has 2 N–H and O–H groups in total. The standard InChI is InChI=1S/C13H19BrN2S/c1-9-6-11(14)13-12(7-9)17-10(2)8-16(13)5-3-4-15/h6-7,10H,3-5,8,15H2,1-2H3. The first-order chi connectivity index (χ1) is 8.11. The summed E-state index contributed by atoms with van der Waals surface area (Å²) in [4.78, 5) is 3.86. The minimum absolute atomic E-state index is 0.647. The number of thioether (sulfide) groups is 1. The maximum absolute atomic E-state index is 5.62. The van der Waals surface area contributed by atoms with Crippen LogP contribution in [0.1, 0.15) is 18.9 Å². The van der Waals surface area contributed by atoms with E-state index in [1.165, 1.54) is 20.6 Å². The third-order valence-corrected chi connectivity index (χ3v) is 4.65. The summed E-state index contributed by atoms with van der Waals surface area (Å²) in [7, 11) is 0. The number of fused-ring (bicyclic) bond motifs is 1. The van der Waals surface area contributed by atoms with Crippen LogP contribution in [0.15, 0.2) is 21.5 Å². The highest BCUT2D eigenvalue weighted by molar-refractivity contribution is 9.10. The van der Waals surface area contributed by atoms with Crippen LogP contribution in [0.5, 0.6) is 0 Å². The van der Waals surface area contributed by atoms with Gasteiger partial charge in [0.05, 0.1) is 5.69 Å². The van der Waals surface area contributed by atoms with Gasteiger partial charge in [-0.25, -0.2) is 0 Å². The predicted octanol–water partition coefficient (Wildman–Crippen LogP) is 3.41. The molecule has 2 rings (SSSR count). The number of nitrogens with zero attached hydrogens (tertiary/aromatic N) is 1. The second-order valence-electron chi connectivity index (χ2n) is 4.61. The Kier molecular flexibility index (Phi) is 4.39. The second-order valence-corrected chi connectivity index (χ2v) is 6.94. The molecule has 1 aliphatic rings. The summed E-state index contributed by atoms with van der Waals surface area (Å²) < 4.78 is 1.21. The number of hydrogen-bond donors (Lipinski definition) is 1. The van der Waals surface area contributed by atoms with Crippen molar-refractivity contribution in [2.24, 2.45) is 5.73 Å².